The Hall–Kier alpha value is -2.60. The molecule has 5 N–H and O–H groups in total. The summed E-state index contributed by atoms with van der Waals surface area (Å²) in [4.78, 5) is 17.1. The molecule has 1 amide bonds. The molecule has 32 heavy (non-hydrogen) atoms. The summed E-state index contributed by atoms with van der Waals surface area (Å²) in [5, 5.41) is 7.61. The zero-order valence-corrected chi connectivity index (χ0v) is 18.6. The normalized spacial score (nSPS) is 21.3. The van der Waals surface area contributed by atoms with E-state index in [1.807, 2.05) is 0 Å². The predicted octanol–water partition coefficient (Wildman–Crippen LogP) is 3.69. The minimum atomic E-state index is -1.26. The molecule has 2 aromatic heterocycles. The third-order valence-corrected chi connectivity index (χ3v) is 6.40. The lowest BCUT2D eigenvalue weighted by molar-refractivity contribution is 0.0247. The number of hydrogen-bond acceptors (Lipinski definition) is 7. The number of nitrogens with one attached hydrogen (secondary N) is 1. The fourth-order valence-corrected chi connectivity index (χ4v) is 4.55. The second kappa shape index (κ2) is 9.10. The Labute approximate surface area is 191 Å². The maximum Gasteiger partial charge on any atom is 0.277 e. The number of halogens is 3. The number of hydrogen-bond donors (Lipinski definition) is 3. The lowest BCUT2D eigenvalue weighted by Crippen LogP contribution is -2.32. The number of nitrogen functional groups attached to an aromatic ring is 1. The second-order valence-corrected chi connectivity index (χ2v) is 8.92. The van der Waals surface area contributed by atoms with Gasteiger partial charge >= 0.3 is 0 Å². The molecule has 0 spiro atoms. The molecule has 1 aliphatic rings. The van der Waals surface area contributed by atoms with Crippen molar-refractivity contribution in [2.24, 2.45) is 12.8 Å². The van der Waals surface area contributed by atoms with Crippen LogP contribution in [0, 0.1) is 5.82 Å². The van der Waals surface area contributed by atoms with Gasteiger partial charge in [-0.1, -0.05) is 22.9 Å². The molecule has 0 radical (unpaired) electrons. The molecule has 0 unspecified atom stereocenters. The van der Waals surface area contributed by atoms with Crippen LogP contribution in [0.2, 0.25) is 5.02 Å². The van der Waals surface area contributed by atoms with Gasteiger partial charge in [0.2, 0.25) is 0 Å². The number of benzene rings is 1. The first-order chi connectivity index (χ1) is 15.2. The van der Waals surface area contributed by atoms with Crippen LogP contribution < -0.4 is 16.8 Å². The van der Waals surface area contributed by atoms with Crippen molar-refractivity contribution in [2.45, 2.75) is 31.2 Å². The van der Waals surface area contributed by atoms with Crippen LogP contribution in [0.4, 0.5) is 19.5 Å². The summed E-state index contributed by atoms with van der Waals surface area (Å²) in [6.45, 7) is -0.141. The summed E-state index contributed by atoms with van der Waals surface area (Å²) >= 11 is 6.93. The van der Waals surface area contributed by atoms with Crippen molar-refractivity contribution in [2.75, 3.05) is 17.7 Å². The number of ether oxygens (including phenoxy) is 1. The molecule has 3 aromatic rings. The Morgan fingerprint density at radius 2 is 2.19 bits per heavy atom. The first-order valence-electron chi connectivity index (χ1n) is 9.80. The summed E-state index contributed by atoms with van der Waals surface area (Å²) in [7, 11) is 1.70. The van der Waals surface area contributed by atoms with E-state index in [1.165, 1.54) is 24.4 Å². The quantitative estimate of drug-likeness (QED) is 0.521. The van der Waals surface area contributed by atoms with Gasteiger partial charge in [-0.05, 0) is 31.0 Å². The van der Waals surface area contributed by atoms with Crippen molar-refractivity contribution in [3.63, 3.8) is 0 Å². The molecular formula is C20H21ClF2N6O2S. The zero-order chi connectivity index (χ0) is 23.0. The van der Waals surface area contributed by atoms with Gasteiger partial charge in [-0.3, -0.25) is 9.48 Å². The maximum atomic E-state index is 14.2. The molecule has 1 fully saturated rings. The van der Waals surface area contributed by atoms with E-state index >= 15 is 0 Å². The van der Waals surface area contributed by atoms with Crippen molar-refractivity contribution >= 4 is 39.5 Å². The Kier molecular flexibility index (Phi) is 6.42. The number of carbonyl (C=O) groups is 1. The Bertz CT molecular complexity index is 1140. The number of nitrogens with zero attached hydrogens (tertiary/aromatic N) is 3. The van der Waals surface area contributed by atoms with Gasteiger partial charge in [-0.25, -0.2) is 13.8 Å². The second-order valence-electron chi connectivity index (χ2n) is 7.46. The molecule has 0 saturated carbocycles. The molecule has 1 saturated heterocycles. The summed E-state index contributed by atoms with van der Waals surface area (Å²) in [6, 6.07) is 3.45. The van der Waals surface area contributed by atoms with Crippen LogP contribution in [-0.2, 0) is 11.8 Å². The van der Waals surface area contributed by atoms with Crippen LogP contribution in [0.15, 0.2) is 24.4 Å². The Morgan fingerprint density at radius 3 is 2.97 bits per heavy atom. The van der Waals surface area contributed by atoms with Gasteiger partial charge in [-0.15, -0.1) is 0 Å². The van der Waals surface area contributed by atoms with Gasteiger partial charge < -0.3 is 21.5 Å². The molecule has 170 valence electrons. The standard InChI is InChI=1S/C20H21ClF2N6O2S/c1-29-17(15-5-4-13(24)12(23)8-31-15)14(7-26-29)27-19(30)16-18(25)32-20(28-16)10-6-9(21)2-3-11(10)22/h2-3,6-7,12-13,15H,4-5,8,24-25H2,1H3,(H,27,30)/t12-,13-,15+/m1/s1. The summed E-state index contributed by atoms with van der Waals surface area (Å²) < 4.78 is 35.4. The monoisotopic (exact) mass is 482 g/mol. The minimum absolute atomic E-state index is 0.0493. The lowest BCUT2D eigenvalue weighted by atomic mass is 10.0. The van der Waals surface area contributed by atoms with E-state index in [-0.39, 0.29) is 27.9 Å². The topological polar surface area (TPSA) is 121 Å². The number of alkyl halides is 1. The smallest absolute Gasteiger partial charge is 0.277 e. The van der Waals surface area contributed by atoms with E-state index < -0.39 is 30.0 Å². The maximum absolute atomic E-state index is 14.2. The largest absolute Gasteiger partial charge is 0.389 e. The molecule has 0 bridgehead atoms. The van der Waals surface area contributed by atoms with Crippen LogP contribution in [0.5, 0.6) is 0 Å². The molecular weight excluding hydrogens is 462 g/mol. The predicted molar refractivity (Wildman–Crippen MR) is 119 cm³/mol. The number of thiazole rings is 1. The van der Waals surface area contributed by atoms with E-state index in [1.54, 1.807) is 11.7 Å². The van der Waals surface area contributed by atoms with Crippen LogP contribution >= 0.6 is 22.9 Å². The van der Waals surface area contributed by atoms with E-state index in [2.05, 4.69) is 15.4 Å². The Morgan fingerprint density at radius 1 is 1.41 bits per heavy atom. The van der Waals surface area contributed by atoms with Gasteiger partial charge in [-0.2, -0.15) is 5.10 Å². The van der Waals surface area contributed by atoms with E-state index in [0.29, 0.717) is 29.2 Å². The molecule has 0 aliphatic carbocycles. The summed E-state index contributed by atoms with van der Waals surface area (Å²) in [6.07, 6.45) is 0.618. The zero-order valence-electron chi connectivity index (χ0n) is 17.0. The highest BCUT2D eigenvalue weighted by atomic mass is 35.5. The van der Waals surface area contributed by atoms with Gasteiger partial charge in [0, 0.05) is 23.7 Å². The van der Waals surface area contributed by atoms with E-state index in [9.17, 15) is 13.6 Å². The van der Waals surface area contributed by atoms with Crippen molar-refractivity contribution in [1.29, 1.82) is 0 Å². The Balaban J connectivity index is 1.58. The number of anilines is 2. The molecule has 3 atom stereocenters. The van der Waals surface area contributed by atoms with Crippen LogP contribution in [0.25, 0.3) is 10.6 Å². The van der Waals surface area contributed by atoms with Gasteiger partial charge in [0.05, 0.1) is 24.2 Å². The van der Waals surface area contributed by atoms with Crippen molar-refractivity contribution in [3.05, 3.63) is 46.6 Å². The highest BCUT2D eigenvalue weighted by Gasteiger charge is 2.30. The number of carbonyl (C=O) groups excluding carboxylic acids is 1. The minimum Gasteiger partial charge on any atom is -0.389 e. The number of aryl methyl sites for hydroxylation is 1. The summed E-state index contributed by atoms with van der Waals surface area (Å²) in [5.41, 5.74) is 12.9. The molecule has 1 aromatic carbocycles. The summed E-state index contributed by atoms with van der Waals surface area (Å²) in [5.74, 6) is -1.12. The molecule has 1 aliphatic heterocycles. The number of rotatable bonds is 4. The fraction of sp³-hybridized carbons (Fsp3) is 0.350. The molecule has 12 heteroatoms. The highest BCUT2D eigenvalue weighted by molar-refractivity contribution is 7.19. The third-order valence-electron chi connectivity index (χ3n) is 5.25. The number of amides is 1. The highest BCUT2D eigenvalue weighted by Crippen LogP contribution is 2.35. The SMILES string of the molecule is Cn1ncc(NC(=O)c2nc(-c3cc(Cl)ccc3F)sc2N)c1[C@@H]1CC[C@@H](N)[C@H](F)CO1. The van der Waals surface area contributed by atoms with Crippen molar-refractivity contribution in [3.8, 4) is 10.6 Å². The molecule has 3 heterocycles. The van der Waals surface area contributed by atoms with Crippen molar-refractivity contribution < 1.29 is 18.3 Å². The molecule has 8 nitrogen and oxygen atoms in total. The average Bonchev–Trinajstić information content (AvgIpc) is 3.27. The number of nitrogens with two attached hydrogens (primary N) is 2. The van der Waals surface area contributed by atoms with Gasteiger partial charge in [0.1, 0.15) is 28.1 Å². The van der Waals surface area contributed by atoms with Crippen molar-refractivity contribution in [1.82, 2.24) is 14.8 Å². The van der Waals surface area contributed by atoms with Gasteiger partial charge in [0.15, 0.2) is 5.69 Å². The van der Waals surface area contributed by atoms with Gasteiger partial charge in [0.25, 0.3) is 5.91 Å². The third kappa shape index (κ3) is 4.46. The molecule has 4 rings (SSSR count). The van der Waals surface area contributed by atoms with Crippen LogP contribution in [-0.4, -0.2) is 39.5 Å². The average molecular weight is 483 g/mol. The van der Waals surface area contributed by atoms with E-state index in [4.69, 9.17) is 27.8 Å². The van der Waals surface area contributed by atoms with Crippen LogP contribution in [0.1, 0.15) is 35.1 Å². The van der Waals surface area contributed by atoms with E-state index in [0.717, 1.165) is 11.3 Å². The fourth-order valence-electron chi connectivity index (χ4n) is 3.53. The first kappa shape index (κ1) is 22.6. The lowest BCUT2D eigenvalue weighted by Gasteiger charge is -2.17. The van der Waals surface area contributed by atoms with Crippen LogP contribution in [0.3, 0.4) is 0 Å². The first-order valence-corrected chi connectivity index (χ1v) is 11.0. The number of aromatic nitrogens is 3.